The number of amides is 1. The summed E-state index contributed by atoms with van der Waals surface area (Å²) < 4.78 is 39.5. The molecule has 106 valence electrons. The summed E-state index contributed by atoms with van der Waals surface area (Å²) in [4.78, 5) is 11.7. The summed E-state index contributed by atoms with van der Waals surface area (Å²) in [6.45, 7) is 2.24. The third-order valence-corrected chi connectivity index (χ3v) is 2.33. The molecule has 1 aromatic carbocycles. The van der Waals surface area contributed by atoms with Gasteiger partial charge in [-0.3, -0.25) is 4.79 Å². The molecule has 0 bridgehead atoms. The molecule has 0 aliphatic heterocycles. The second-order valence-electron chi connectivity index (χ2n) is 4.02. The SMILES string of the molecule is CC(CCN)NC(=O)c1ccc(OC(F)(F)F)cc1. The molecule has 3 N–H and O–H groups in total. The summed E-state index contributed by atoms with van der Waals surface area (Å²) >= 11 is 0. The van der Waals surface area contributed by atoms with Crippen LogP contribution in [0.2, 0.25) is 0 Å². The second kappa shape index (κ2) is 6.42. The Kier molecular flexibility index (Phi) is 5.17. The highest BCUT2D eigenvalue weighted by molar-refractivity contribution is 5.94. The van der Waals surface area contributed by atoms with Crippen molar-refractivity contribution in [1.82, 2.24) is 5.32 Å². The van der Waals surface area contributed by atoms with Gasteiger partial charge in [0.05, 0.1) is 0 Å². The molecule has 0 spiro atoms. The summed E-state index contributed by atoms with van der Waals surface area (Å²) in [6.07, 6.45) is -4.11. The fourth-order valence-corrected chi connectivity index (χ4v) is 1.44. The molecule has 1 unspecified atom stereocenters. The Balaban J connectivity index is 2.63. The summed E-state index contributed by atoms with van der Waals surface area (Å²) in [7, 11) is 0. The van der Waals surface area contributed by atoms with Crippen molar-refractivity contribution in [3.8, 4) is 5.75 Å². The maximum absolute atomic E-state index is 11.9. The Morgan fingerprint density at radius 3 is 2.42 bits per heavy atom. The van der Waals surface area contributed by atoms with Gasteiger partial charge in [-0.2, -0.15) is 0 Å². The van der Waals surface area contributed by atoms with Crippen LogP contribution in [0, 0.1) is 0 Å². The lowest BCUT2D eigenvalue weighted by molar-refractivity contribution is -0.274. The highest BCUT2D eigenvalue weighted by atomic mass is 19.4. The lowest BCUT2D eigenvalue weighted by Crippen LogP contribution is -2.34. The number of nitrogens with one attached hydrogen (secondary N) is 1. The topological polar surface area (TPSA) is 64.3 Å². The minimum absolute atomic E-state index is 0.0939. The summed E-state index contributed by atoms with van der Waals surface area (Å²) in [5, 5.41) is 2.68. The van der Waals surface area contributed by atoms with E-state index in [2.05, 4.69) is 10.1 Å². The van der Waals surface area contributed by atoms with Crippen molar-refractivity contribution in [2.75, 3.05) is 6.54 Å². The number of alkyl halides is 3. The average Bonchev–Trinajstić information content (AvgIpc) is 2.27. The molecule has 19 heavy (non-hydrogen) atoms. The van der Waals surface area contributed by atoms with E-state index in [1.165, 1.54) is 12.1 Å². The Morgan fingerprint density at radius 2 is 1.95 bits per heavy atom. The van der Waals surface area contributed by atoms with Crippen LogP contribution in [0.15, 0.2) is 24.3 Å². The molecule has 0 aliphatic rings. The van der Waals surface area contributed by atoms with Crippen LogP contribution >= 0.6 is 0 Å². The van der Waals surface area contributed by atoms with E-state index in [-0.39, 0.29) is 23.3 Å². The minimum Gasteiger partial charge on any atom is -0.406 e. The molecule has 0 aliphatic carbocycles. The first-order valence-corrected chi connectivity index (χ1v) is 5.68. The summed E-state index contributed by atoms with van der Waals surface area (Å²) in [5.74, 6) is -0.724. The van der Waals surface area contributed by atoms with Crippen LogP contribution in [0.25, 0.3) is 0 Å². The molecule has 0 radical (unpaired) electrons. The number of halogens is 3. The number of rotatable bonds is 5. The molecule has 1 amide bonds. The Morgan fingerprint density at radius 1 is 1.37 bits per heavy atom. The molecule has 4 nitrogen and oxygen atoms in total. The monoisotopic (exact) mass is 276 g/mol. The van der Waals surface area contributed by atoms with E-state index in [9.17, 15) is 18.0 Å². The zero-order valence-electron chi connectivity index (χ0n) is 10.3. The predicted octanol–water partition coefficient (Wildman–Crippen LogP) is 2.05. The van der Waals surface area contributed by atoms with Crippen molar-refractivity contribution < 1.29 is 22.7 Å². The molecule has 0 saturated heterocycles. The molecule has 1 rings (SSSR count). The quantitative estimate of drug-likeness (QED) is 0.865. The maximum Gasteiger partial charge on any atom is 0.573 e. The molecule has 0 heterocycles. The molecule has 0 fully saturated rings. The van der Waals surface area contributed by atoms with Crippen molar-refractivity contribution >= 4 is 5.91 Å². The third kappa shape index (κ3) is 5.60. The van der Waals surface area contributed by atoms with Gasteiger partial charge in [-0.05, 0) is 44.2 Å². The van der Waals surface area contributed by atoms with Crippen molar-refractivity contribution in [2.24, 2.45) is 5.73 Å². The highest BCUT2D eigenvalue weighted by Gasteiger charge is 2.31. The normalized spacial score (nSPS) is 12.9. The first-order valence-electron chi connectivity index (χ1n) is 5.68. The molecular weight excluding hydrogens is 261 g/mol. The average molecular weight is 276 g/mol. The lowest BCUT2D eigenvalue weighted by Gasteiger charge is -2.13. The Labute approximate surface area is 108 Å². The van der Waals surface area contributed by atoms with Crippen LogP contribution in [-0.2, 0) is 0 Å². The zero-order chi connectivity index (χ0) is 14.5. The van der Waals surface area contributed by atoms with Gasteiger partial charge in [-0.25, -0.2) is 0 Å². The molecule has 1 atom stereocenters. The third-order valence-electron chi connectivity index (χ3n) is 2.33. The number of carbonyl (C=O) groups excluding carboxylic acids is 1. The van der Waals surface area contributed by atoms with Gasteiger partial charge >= 0.3 is 6.36 Å². The van der Waals surface area contributed by atoms with Gasteiger partial charge in [-0.15, -0.1) is 13.2 Å². The van der Waals surface area contributed by atoms with Gasteiger partial charge in [-0.1, -0.05) is 0 Å². The lowest BCUT2D eigenvalue weighted by atomic mass is 10.1. The smallest absolute Gasteiger partial charge is 0.406 e. The van der Waals surface area contributed by atoms with Crippen LogP contribution in [0.3, 0.4) is 0 Å². The first kappa shape index (κ1) is 15.3. The van der Waals surface area contributed by atoms with E-state index in [4.69, 9.17) is 5.73 Å². The molecule has 1 aromatic rings. The standard InChI is InChI=1S/C12H15F3N2O2/c1-8(6-7-16)17-11(18)9-2-4-10(5-3-9)19-12(13,14)15/h2-5,8H,6-7,16H2,1H3,(H,17,18). The summed E-state index contributed by atoms with van der Waals surface area (Å²) in [5.41, 5.74) is 5.61. The van der Waals surface area contributed by atoms with Gasteiger partial charge in [0.15, 0.2) is 0 Å². The molecule has 0 saturated carbocycles. The fraction of sp³-hybridized carbons (Fsp3) is 0.417. The van der Waals surface area contributed by atoms with Crippen molar-refractivity contribution in [2.45, 2.75) is 25.7 Å². The van der Waals surface area contributed by atoms with E-state index in [1.54, 1.807) is 6.92 Å². The predicted molar refractivity (Wildman–Crippen MR) is 63.7 cm³/mol. The Bertz CT molecular complexity index is 418. The second-order valence-corrected chi connectivity index (χ2v) is 4.02. The van der Waals surface area contributed by atoms with E-state index in [0.29, 0.717) is 13.0 Å². The first-order chi connectivity index (χ1) is 8.81. The highest BCUT2D eigenvalue weighted by Crippen LogP contribution is 2.22. The number of carbonyl (C=O) groups is 1. The number of ether oxygens (including phenoxy) is 1. The number of hydrogen-bond acceptors (Lipinski definition) is 3. The van der Waals surface area contributed by atoms with Crippen molar-refractivity contribution in [1.29, 1.82) is 0 Å². The Hall–Kier alpha value is -1.76. The number of hydrogen-bond donors (Lipinski definition) is 2. The van der Waals surface area contributed by atoms with E-state index in [0.717, 1.165) is 12.1 Å². The number of benzene rings is 1. The molecule has 0 aromatic heterocycles. The van der Waals surface area contributed by atoms with Gasteiger partial charge in [0.25, 0.3) is 5.91 Å². The van der Waals surface area contributed by atoms with Crippen LogP contribution in [0.4, 0.5) is 13.2 Å². The largest absolute Gasteiger partial charge is 0.573 e. The van der Waals surface area contributed by atoms with E-state index < -0.39 is 6.36 Å². The van der Waals surface area contributed by atoms with Crippen LogP contribution in [0.5, 0.6) is 5.75 Å². The van der Waals surface area contributed by atoms with Gasteiger partial charge in [0.1, 0.15) is 5.75 Å². The summed E-state index contributed by atoms with van der Waals surface area (Å²) in [6, 6.07) is 4.63. The molecular formula is C12H15F3N2O2. The van der Waals surface area contributed by atoms with E-state index in [1.807, 2.05) is 0 Å². The molecule has 7 heteroatoms. The van der Waals surface area contributed by atoms with Crippen molar-refractivity contribution in [3.05, 3.63) is 29.8 Å². The fourth-order valence-electron chi connectivity index (χ4n) is 1.44. The van der Waals surface area contributed by atoms with Gasteiger partial charge < -0.3 is 15.8 Å². The van der Waals surface area contributed by atoms with Gasteiger partial charge in [0.2, 0.25) is 0 Å². The van der Waals surface area contributed by atoms with Crippen LogP contribution < -0.4 is 15.8 Å². The maximum atomic E-state index is 11.9. The van der Waals surface area contributed by atoms with E-state index >= 15 is 0 Å². The van der Waals surface area contributed by atoms with Crippen LogP contribution in [-0.4, -0.2) is 24.9 Å². The van der Waals surface area contributed by atoms with Crippen LogP contribution in [0.1, 0.15) is 23.7 Å². The zero-order valence-corrected chi connectivity index (χ0v) is 10.3. The van der Waals surface area contributed by atoms with Gasteiger partial charge in [0, 0.05) is 11.6 Å². The number of nitrogens with two attached hydrogens (primary N) is 1. The van der Waals surface area contributed by atoms with Crippen molar-refractivity contribution in [3.63, 3.8) is 0 Å². The minimum atomic E-state index is -4.74.